The highest BCUT2D eigenvalue weighted by Gasteiger charge is 2.16. The van der Waals surface area contributed by atoms with Gasteiger partial charge in [-0.15, -0.1) is 0 Å². The number of rotatable bonds is 5. The Bertz CT molecular complexity index is 1200. The molecule has 7 nitrogen and oxygen atoms in total. The number of anilines is 2. The van der Waals surface area contributed by atoms with E-state index in [0.717, 1.165) is 33.9 Å². The number of hydrogen-bond acceptors (Lipinski definition) is 6. The van der Waals surface area contributed by atoms with Gasteiger partial charge in [0, 0.05) is 30.4 Å². The van der Waals surface area contributed by atoms with Crippen molar-refractivity contribution in [3.63, 3.8) is 0 Å². The van der Waals surface area contributed by atoms with Gasteiger partial charge in [-0.1, -0.05) is 18.2 Å². The second kappa shape index (κ2) is 7.47. The highest BCUT2D eigenvalue weighted by molar-refractivity contribution is 5.77. The Labute approximate surface area is 167 Å². The summed E-state index contributed by atoms with van der Waals surface area (Å²) >= 11 is 0. The van der Waals surface area contributed by atoms with Crippen LogP contribution in [0.4, 0.5) is 11.5 Å². The number of pyridine rings is 2. The van der Waals surface area contributed by atoms with E-state index in [1.54, 1.807) is 31.0 Å². The first-order valence-corrected chi connectivity index (χ1v) is 9.20. The van der Waals surface area contributed by atoms with E-state index >= 15 is 0 Å². The number of imidazole rings is 1. The van der Waals surface area contributed by atoms with Crippen molar-refractivity contribution in [3.05, 3.63) is 97.6 Å². The van der Waals surface area contributed by atoms with Gasteiger partial charge < -0.3 is 4.90 Å². The minimum Gasteiger partial charge on any atom is -0.319 e. The molecule has 140 valence electrons. The molecule has 0 aliphatic heterocycles. The second-order valence-electron chi connectivity index (χ2n) is 6.45. The number of benzene rings is 1. The number of fused-ring (bicyclic) bond motifs is 1. The van der Waals surface area contributed by atoms with E-state index in [-0.39, 0.29) is 0 Å². The maximum Gasteiger partial charge on any atom is 0.151 e. The predicted octanol–water partition coefficient (Wildman–Crippen LogP) is 3.94. The van der Waals surface area contributed by atoms with Crippen molar-refractivity contribution in [2.45, 2.75) is 6.54 Å². The third-order valence-electron chi connectivity index (χ3n) is 4.66. The Hall–Kier alpha value is -4.13. The van der Waals surface area contributed by atoms with E-state index in [4.69, 9.17) is 0 Å². The van der Waals surface area contributed by atoms with Crippen LogP contribution in [0.2, 0.25) is 0 Å². The molecule has 5 aromatic rings. The van der Waals surface area contributed by atoms with E-state index < -0.39 is 0 Å². The fourth-order valence-corrected chi connectivity index (χ4v) is 3.32. The van der Waals surface area contributed by atoms with Gasteiger partial charge in [-0.3, -0.25) is 14.5 Å². The standard InChI is InChI=1S/C22H17N7/c1-2-8-20-19(7-1)27-16-29(20)22-17(5-3-10-26-22)15-28(18-6-4-9-23-13-18)21-14-24-11-12-25-21/h1-14,16H,15H2. The van der Waals surface area contributed by atoms with Crippen molar-refractivity contribution in [1.82, 2.24) is 29.5 Å². The Morgan fingerprint density at radius 1 is 0.759 bits per heavy atom. The average Bonchev–Trinajstić information content (AvgIpc) is 3.23. The number of nitrogens with zero attached hydrogens (tertiary/aromatic N) is 7. The van der Waals surface area contributed by atoms with Gasteiger partial charge in [0.15, 0.2) is 5.82 Å². The molecule has 5 rings (SSSR count). The van der Waals surface area contributed by atoms with Gasteiger partial charge in [0.05, 0.1) is 35.7 Å². The molecule has 0 fully saturated rings. The molecular formula is C22H17N7. The van der Waals surface area contributed by atoms with Crippen LogP contribution in [-0.4, -0.2) is 29.5 Å². The van der Waals surface area contributed by atoms with Gasteiger partial charge in [-0.2, -0.15) is 0 Å². The molecule has 0 bridgehead atoms. The van der Waals surface area contributed by atoms with Gasteiger partial charge in [-0.25, -0.2) is 15.0 Å². The van der Waals surface area contributed by atoms with Crippen LogP contribution in [0.25, 0.3) is 16.9 Å². The molecule has 0 saturated heterocycles. The van der Waals surface area contributed by atoms with Crippen LogP contribution in [0.5, 0.6) is 0 Å². The van der Waals surface area contributed by atoms with Gasteiger partial charge in [0.1, 0.15) is 12.1 Å². The molecule has 0 N–H and O–H groups in total. The lowest BCUT2D eigenvalue weighted by molar-refractivity contribution is 0.895. The molecule has 0 atom stereocenters. The SMILES string of the molecule is c1cncc(N(Cc2cccnc2-n2cnc3ccccc32)c2cnccn2)c1. The molecule has 4 aromatic heterocycles. The third kappa shape index (κ3) is 3.29. The monoisotopic (exact) mass is 379 g/mol. The smallest absolute Gasteiger partial charge is 0.151 e. The molecule has 0 amide bonds. The predicted molar refractivity (Wildman–Crippen MR) is 111 cm³/mol. The average molecular weight is 379 g/mol. The molecule has 0 aliphatic carbocycles. The summed E-state index contributed by atoms with van der Waals surface area (Å²) in [5.41, 5.74) is 3.91. The largest absolute Gasteiger partial charge is 0.319 e. The summed E-state index contributed by atoms with van der Waals surface area (Å²) in [6.45, 7) is 0.556. The van der Waals surface area contributed by atoms with Crippen molar-refractivity contribution < 1.29 is 0 Å². The van der Waals surface area contributed by atoms with Crippen LogP contribution in [0.3, 0.4) is 0 Å². The number of aromatic nitrogens is 6. The van der Waals surface area contributed by atoms with Crippen molar-refractivity contribution in [2.75, 3.05) is 4.90 Å². The van der Waals surface area contributed by atoms with E-state index in [1.807, 2.05) is 59.6 Å². The summed E-state index contributed by atoms with van der Waals surface area (Å²) < 4.78 is 2.02. The molecule has 4 heterocycles. The normalized spacial score (nSPS) is 10.9. The fraction of sp³-hybridized carbons (Fsp3) is 0.0455. The van der Waals surface area contributed by atoms with E-state index in [1.165, 1.54) is 0 Å². The zero-order valence-corrected chi connectivity index (χ0v) is 15.5. The zero-order valence-electron chi connectivity index (χ0n) is 15.5. The lowest BCUT2D eigenvalue weighted by Gasteiger charge is -2.24. The summed E-state index contributed by atoms with van der Waals surface area (Å²) in [7, 11) is 0. The van der Waals surface area contributed by atoms with Crippen LogP contribution < -0.4 is 4.90 Å². The van der Waals surface area contributed by atoms with Gasteiger partial charge >= 0.3 is 0 Å². The molecule has 29 heavy (non-hydrogen) atoms. The van der Waals surface area contributed by atoms with E-state index in [9.17, 15) is 0 Å². The fourth-order valence-electron chi connectivity index (χ4n) is 3.32. The van der Waals surface area contributed by atoms with Crippen molar-refractivity contribution in [3.8, 4) is 5.82 Å². The van der Waals surface area contributed by atoms with Crippen molar-refractivity contribution >= 4 is 22.5 Å². The molecule has 1 aromatic carbocycles. The lowest BCUT2D eigenvalue weighted by atomic mass is 10.2. The van der Waals surface area contributed by atoms with E-state index in [0.29, 0.717) is 6.54 Å². The summed E-state index contributed by atoms with van der Waals surface area (Å²) in [5, 5.41) is 0. The minimum absolute atomic E-state index is 0.556. The summed E-state index contributed by atoms with van der Waals surface area (Å²) in [5.74, 6) is 1.57. The van der Waals surface area contributed by atoms with Crippen LogP contribution in [-0.2, 0) is 6.54 Å². The Kier molecular flexibility index (Phi) is 4.38. The molecule has 0 spiro atoms. The quantitative estimate of drug-likeness (QED) is 0.460. The van der Waals surface area contributed by atoms with E-state index in [2.05, 4.69) is 35.9 Å². The Morgan fingerprint density at radius 3 is 2.52 bits per heavy atom. The molecule has 7 heteroatoms. The Balaban J connectivity index is 1.61. The summed E-state index contributed by atoms with van der Waals surface area (Å²) in [6, 6.07) is 15.9. The zero-order chi connectivity index (χ0) is 19.5. The molecule has 0 unspecified atom stereocenters. The van der Waals surface area contributed by atoms with Gasteiger partial charge in [0.25, 0.3) is 0 Å². The molecule has 0 radical (unpaired) electrons. The van der Waals surface area contributed by atoms with Crippen molar-refractivity contribution in [2.24, 2.45) is 0 Å². The maximum absolute atomic E-state index is 4.66. The number of hydrogen-bond donors (Lipinski definition) is 0. The molecule has 0 saturated carbocycles. The highest BCUT2D eigenvalue weighted by Crippen LogP contribution is 2.27. The van der Waals surface area contributed by atoms with Gasteiger partial charge in [0.2, 0.25) is 0 Å². The van der Waals surface area contributed by atoms with Crippen LogP contribution >= 0.6 is 0 Å². The van der Waals surface area contributed by atoms with Crippen LogP contribution in [0, 0.1) is 0 Å². The summed E-state index contributed by atoms with van der Waals surface area (Å²) in [6.07, 6.45) is 12.3. The second-order valence-corrected chi connectivity index (χ2v) is 6.45. The first-order valence-electron chi connectivity index (χ1n) is 9.20. The van der Waals surface area contributed by atoms with Crippen molar-refractivity contribution in [1.29, 1.82) is 0 Å². The number of para-hydroxylation sites is 2. The summed E-state index contributed by atoms with van der Waals surface area (Å²) in [4.78, 5) is 24.2. The lowest BCUT2D eigenvalue weighted by Crippen LogP contribution is -2.19. The minimum atomic E-state index is 0.556. The van der Waals surface area contributed by atoms with Gasteiger partial charge in [-0.05, 0) is 30.3 Å². The topological polar surface area (TPSA) is 72.6 Å². The van der Waals surface area contributed by atoms with Crippen LogP contribution in [0.15, 0.2) is 92.0 Å². The maximum atomic E-state index is 4.66. The first kappa shape index (κ1) is 17.0. The van der Waals surface area contributed by atoms with Crippen LogP contribution in [0.1, 0.15) is 5.56 Å². The Morgan fingerprint density at radius 2 is 1.66 bits per heavy atom. The highest BCUT2D eigenvalue weighted by atomic mass is 15.2. The first-order chi connectivity index (χ1) is 14.4. The molecule has 0 aliphatic rings. The third-order valence-corrected chi connectivity index (χ3v) is 4.66. The molecular weight excluding hydrogens is 362 g/mol.